The van der Waals surface area contributed by atoms with Crippen molar-refractivity contribution in [3.63, 3.8) is 0 Å². The van der Waals surface area contributed by atoms with Gasteiger partial charge < -0.3 is 10.1 Å². The molecule has 0 spiro atoms. The number of benzene rings is 2. The first-order valence-electron chi connectivity index (χ1n) is 8.30. The van der Waals surface area contributed by atoms with Crippen LogP contribution in [0.5, 0.6) is 0 Å². The third-order valence-electron chi connectivity index (χ3n) is 3.98. The number of ether oxygens (including phenoxy) is 1. The van der Waals surface area contributed by atoms with E-state index in [1.807, 2.05) is 19.1 Å². The Bertz CT molecular complexity index is 1000. The number of carbonyl (C=O) groups excluding carboxylic acids is 1. The third-order valence-corrected chi connectivity index (χ3v) is 3.98. The minimum absolute atomic E-state index is 0.160. The molecule has 3 aromatic rings. The van der Waals surface area contributed by atoms with Gasteiger partial charge >= 0.3 is 12.1 Å². The van der Waals surface area contributed by atoms with E-state index in [1.165, 1.54) is 18.3 Å². The number of nitrogens with one attached hydrogen (secondary N) is 1. The average Bonchev–Trinajstić information content (AvgIpc) is 2.62. The molecule has 0 saturated carbocycles. The van der Waals surface area contributed by atoms with Crippen LogP contribution < -0.4 is 5.32 Å². The Morgan fingerprint density at radius 2 is 1.96 bits per heavy atom. The summed E-state index contributed by atoms with van der Waals surface area (Å²) in [7, 11) is 0. The summed E-state index contributed by atoms with van der Waals surface area (Å²) in [5, 5.41) is 3.58. The Labute approximate surface area is 154 Å². The summed E-state index contributed by atoms with van der Waals surface area (Å²) >= 11 is 0. The third kappa shape index (κ3) is 4.02. The molecule has 0 aliphatic carbocycles. The first-order chi connectivity index (χ1) is 12.8. The Morgan fingerprint density at radius 1 is 1.19 bits per heavy atom. The highest BCUT2D eigenvalue weighted by atomic mass is 19.4. The molecule has 2 aromatic carbocycles. The molecular weight excluding hydrogens is 357 g/mol. The molecule has 7 heteroatoms. The van der Waals surface area contributed by atoms with Gasteiger partial charge in [-0.15, -0.1) is 0 Å². The number of aromatic nitrogens is 1. The monoisotopic (exact) mass is 374 g/mol. The number of nitrogens with zero attached hydrogens (tertiary/aromatic N) is 1. The Balaban J connectivity index is 2.15. The number of halogens is 3. The molecule has 0 saturated heterocycles. The van der Waals surface area contributed by atoms with E-state index in [9.17, 15) is 18.0 Å². The van der Waals surface area contributed by atoms with E-state index in [-0.39, 0.29) is 17.9 Å². The molecule has 0 fully saturated rings. The summed E-state index contributed by atoms with van der Waals surface area (Å²) < 4.78 is 44.1. The van der Waals surface area contributed by atoms with Crippen molar-refractivity contribution < 1.29 is 22.7 Å². The quantitative estimate of drug-likeness (QED) is 0.614. The van der Waals surface area contributed by atoms with Crippen LogP contribution in [-0.2, 0) is 10.9 Å². The fourth-order valence-electron chi connectivity index (χ4n) is 2.72. The molecule has 1 N–H and O–H groups in total. The lowest BCUT2D eigenvalue weighted by atomic mass is 10.1. The zero-order valence-electron chi connectivity index (χ0n) is 14.7. The van der Waals surface area contributed by atoms with Gasteiger partial charge in [-0.1, -0.05) is 17.7 Å². The lowest BCUT2D eigenvalue weighted by molar-refractivity contribution is -0.137. The van der Waals surface area contributed by atoms with Gasteiger partial charge in [-0.2, -0.15) is 13.2 Å². The number of alkyl halides is 3. The van der Waals surface area contributed by atoms with Crippen LogP contribution in [0.15, 0.2) is 48.7 Å². The lowest BCUT2D eigenvalue weighted by Gasteiger charge is -2.16. The van der Waals surface area contributed by atoms with Crippen LogP contribution in [0.25, 0.3) is 10.9 Å². The summed E-state index contributed by atoms with van der Waals surface area (Å²) in [6.07, 6.45) is -3.09. The van der Waals surface area contributed by atoms with Crippen LogP contribution in [-0.4, -0.2) is 17.6 Å². The second-order valence-electron chi connectivity index (χ2n) is 5.99. The summed E-state index contributed by atoms with van der Waals surface area (Å²) in [4.78, 5) is 16.6. The second kappa shape index (κ2) is 7.26. The van der Waals surface area contributed by atoms with E-state index >= 15 is 0 Å². The van der Waals surface area contributed by atoms with Gasteiger partial charge in [0.2, 0.25) is 0 Å². The number of fused-ring (bicyclic) bond motifs is 1. The molecule has 0 radical (unpaired) electrons. The summed E-state index contributed by atoms with van der Waals surface area (Å²) in [5.74, 6) is -0.595. The fourth-order valence-corrected chi connectivity index (χ4v) is 2.72. The number of carbonyl (C=O) groups is 1. The summed E-state index contributed by atoms with van der Waals surface area (Å²) in [5.41, 5.74) is 1.50. The molecule has 0 amide bonds. The van der Waals surface area contributed by atoms with E-state index in [4.69, 9.17) is 4.74 Å². The van der Waals surface area contributed by atoms with Crippen LogP contribution in [0.1, 0.15) is 28.4 Å². The zero-order valence-corrected chi connectivity index (χ0v) is 14.7. The van der Waals surface area contributed by atoms with Crippen LogP contribution in [0, 0.1) is 6.92 Å². The van der Waals surface area contributed by atoms with Crippen molar-refractivity contribution in [2.45, 2.75) is 20.0 Å². The lowest BCUT2D eigenvalue weighted by Crippen LogP contribution is -2.10. The average molecular weight is 374 g/mol. The number of rotatable bonds is 4. The normalized spacial score (nSPS) is 11.4. The Hall–Kier alpha value is -3.09. The second-order valence-corrected chi connectivity index (χ2v) is 5.99. The van der Waals surface area contributed by atoms with Gasteiger partial charge in [0, 0.05) is 17.3 Å². The van der Waals surface area contributed by atoms with Crippen LogP contribution in [0.2, 0.25) is 0 Å². The van der Waals surface area contributed by atoms with Gasteiger partial charge in [-0.05, 0) is 44.2 Å². The highest BCUT2D eigenvalue weighted by Gasteiger charge is 2.30. The molecular formula is C20H17F3N2O2. The highest BCUT2D eigenvalue weighted by molar-refractivity contribution is 6.06. The van der Waals surface area contributed by atoms with E-state index in [2.05, 4.69) is 10.3 Å². The highest BCUT2D eigenvalue weighted by Crippen LogP contribution is 2.34. The smallest absolute Gasteiger partial charge is 0.416 e. The molecule has 27 heavy (non-hydrogen) atoms. The summed E-state index contributed by atoms with van der Waals surface area (Å²) in [6.45, 7) is 3.73. The van der Waals surface area contributed by atoms with Crippen molar-refractivity contribution >= 4 is 28.2 Å². The molecule has 0 unspecified atom stereocenters. The molecule has 3 rings (SSSR count). The molecule has 1 aromatic heterocycles. The van der Waals surface area contributed by atoms with Crippen molar-refractivity contribution in [1.29, 1.82) is 0 Å². The van der Waals surface area contributed by atoms with Crippen molar-refractivity contribution in [2.75, 3.05) is 11.9 Å². The minimum atomic E-state index is -4.46. The maximum absolute atomic E-state index is 13.0. The van der Waals surface area contributed by atoms with E-state index in [1.54, 1.807) is 13.0 Å². The van der Waals surface area contributed by atoms with Gasteiger partial charge in [0.1, 0.15) is 5.56 Å². The molecule has 0 bridgehead atoms. The molecule has 0 aliphatic rings. The molecule has 4 nitrogen and oxygen atoms in total. The van der Waals surface area contributed by atoms with Crippen molar-refractivity contribution in [1.82, 2.24) is 4.98 Å². The number of aryl methyl sites for hydroxylation is 1. The van der Waals surface area contributed by atoms with Gasteiger partial charge in [0.25, 0.3) is 0 Å². The van der Waals surface area contributed by atoms with Crippen LogP contribution in [0.3, 0.4) is 0 Å². The number of anilines is 2. The molecule has 140 valence electrons. The summed E-state index contributed by atoms with van der Waals surface area (Å²) in [6, 6.07) is 10.3. The number of hydrogen-bond donors (Lipinski definition) is 1. The molecule has 0 atom stereocenters. The van der Waals surface area contributed by atoms with Gasteiger partial charge in [0.15, 0.2) is 0 Å². The minimum Gasteiger partial charge on any atom is -0.462 e. The van der Waals surface area contributed by atoms with E-state index in [0.29, 0.717) is 16.6 Å². The van der Waals surface area contributed by atoms with Crippen LogP contribution >= 0.6 is 0 Å². The van der Waals surface area contributed by atoms with Crippen molar-refractivity contribution in [2.24, 2.45) is 0 Å². The van der Waals surface area contributed by atoms with E-state index in [0.717, 1.165) is 17.7 Å². The largest absolute Gasteiger partial charge is 0.462 e. The number of hydrogen-bond acceptors (Lipinski definition) is 4. The van der Waals surface area contributed by atoms with Gasteiger partial charge in [0.05, 0.1) is 23.4 Å². The molecule has 0 aliphatic heterocycles. The van der Waals surface area contributed by atoms with Gasteiger partial charge in [-0.25, -0.2) is 4.79 Å². The predicted molar refractivity (Wildman–Crippen MR) is 97.2 cm³/mol. The SMILES string of the molecule is CCOC(=O)c1cnc2ccc(C)cc2c1Nc1cccc(C(F)(F)F)c1. The standard InChI is InChI=1S/C20H17F3N2O2/c1-3-27-19(26)16-11-24-17-8-7-12(2)9-15(17)18(16)25-14-6-4-5-13(10-14)20(21,22)23/h4-11H,3H2,1-2H3,(H,24,25). The van der Waals surface area contributed by atoms with Gasteiger partial charge in [-0.3, -0.25) is 4.98 Å². The Morgan fingerprint density at radius 3 is 2.67 bits per heavy atom. The van der Waals surface area contributed by atoms with Crippen molar-refractivity contribution in [3.05, 3.63) is 65.4 Å². The van der Waals surface area contributed by atoms with Crippen LogP contribution in [0.4, 0.5) is 24.5 Å². The predicted octanol–water partition coefficient (Wildman–Crippen LogP) is 5.48. The number of pyridine rings is 1. The maximum atomic E-state index is 13.0. The van der Waals surface area contributed by atoms with Crippen molar-refractivity contribution in [3.8, 4) is 0 Å². The zero-order chi connectivity index (χ0) is 19.6. The molecule has 1 heterocycles. The first-order valence-corrected chi connectivity index (χ1v) is 8.30. The van der Waals surface area contributed by atoms with E-state index < -0.39 is 17.7 Å². The first kappa shape index (κ1) is 18.7. The fraction of sp³-hybridized carbons (Fsp3) is 0.200. The Kier molecular flexibility index (Phi) is 5.03. The maximum Gasteiger partial charge on any atom is 0.416 e. The topological polar surface area (TPSA) is 51.2 Å². The number of esters is 1.